The van der Waals surface area contributed by atoms with Crippen LogP contribution in [0.25, 0.3) is 0 Å². The maximum Gasteiger partial charge on any atom is 0.410 e. The van der Waals surface area contributed by atoms with E-state index in [1.54, 1.807) is 4.90 Å². The Labute approximate surface area is 152 Å². The molecule has 1 aliphatic rings. The fraction of sp³-hybridized carbons (Fsp3) is 0.588. The highest BCUT2D eigenvalue weighted by molar-refractivity contribution is 6.32. The molecule has 138 valence electrons. The molecule has 2 rings (SSSR count). The third kappa shape index (κ3) is 5.22. The Morgan fingerprint density at radius 1 is 1.40 bits per heavy atom. The standard InChI is InChI=1S/C17H23ClN2O5/c1-17(2,3)25-16(22)20-7-5-6-11(20)10-24-12-8-13(15(21)23-4)14(18)19-9-12/h8-9,11H,5-7,10H2,1-4H3/t11-/m0/s1. The molecule has 1 aliphatic heterocycles. The van der Waals surface area contributed by atoms with Crippen molar-refractivity contribution in [3.05, 3.63) is 23.0 Å². The van der Waals surface area contributed by atoms with Crippen LogP contribution in [0.1, 0.15) is 44.0 Å². The highest BCUT2D eigenvalue weighted by Gasteiger charge is 2.32. The van der Waals surface area contributed by atoms with Gasteiger partial charge in [0.15, 0.2) is 0 Å². The van der Waals surface area contributed by atoms with Crippen LogP contribution in [0.3, 0.4) is 0 Å². The van der Waals surface area contributed by atoms with Crippen molar-refractivity contribution in [3.63, 3.8) is 0 Å². The number of esters is 1. The first-order valence-corrected chi connectivity index (χ1v) is 8.45. The van der Waals surface area contributed by atoms with Gasteiger partial charge in [0.05, 0.1) is 19.3 Å². The number of aromatic nitrogens is 1. The number of rotatable bonds is 4. The van der Waals surface area contributed by atoms with Crippen molar-refractivity contribution in [3.8, 4) is 5.75 Å². The average Bonchev–Trinajstić information content (AvgIpc) is 3.00. The van der Waals surface area contributed by atoms with Crippen LogP contribution in [-0.2, 0) is 9.47 Å². The van der Waals surface area contributed by atoms with Crippen LogP contribution >= 0.6 is 11.6 Å². The average molecular weight is 371 g/mol. The van der Waals surface area contributed by atoms with Gasteiger partial charge in [0, 0.05) is 6.54 Å². The van der Waals surface area contributed by atoms with Gasteiger partial charge >= 0.3 is 12.1 Å². The fourth-order valence-electron chi connectivity index (χ4n) is 2.52. The van der Waals surface area contributed by atoms with Crippen molar-refractivity contribution in [1.82, 2.24) is 9.88 Å². The summed E-state index contributed by atoms with van der Waals surface area (Å²) in [4.78, 5) is 29.5. The zero-order valence-electron chi connectivity index (χ0n) is 14.9. The molecule has 0 N–H and O–H groups in total. The number of halogens is 1. The summed E-state index contributed by atoms with van der Waals surface area (Å²) in [5.74, 6) is -0.194. The van der Waals surface area contributed by atoms with Gasteiger partial charge in [0.1, 0.15) is 28.7 Å². The lowest BCUT2D eigenvalue weighted by atomic mass is 10.2. The van der Waals surface area contributed by atoms with E-state index in [0.29, 0.717) is 12.3 Å². The zero-order chi connectivity index (χ0) is 18.6. The van der Waals surface area contributed by atoms with Crippen LogP contribution in [0.4, 0.5) is 4.79 Å². The summed E-state index contributed by atoms with van der Waals surface area (Å²) in [7, 11) is 1.27. The maximum absolute atomic E-state index is 12.3. The first-order chi connectivity index (χ1) is 11.7. The third-order valence-electron chi connectivity index (χ3n) is 3.67. The number of hydrogen-bond donors (Lipinski definition) is 0. The molecule has 1 aromatic rings. The highest BCUT2D eigenvalue weighted by atomic mass is 35.5. The number of likely N-dealkylation sites (tertiary alicyclic amines) is 1. The lowest BCUT2D eigenvalue weighted by Gasteiger charge is -2.28. The molecule has 25 heavy (non-hydrogen) atoms. The molecule has 0 spiro atoms. The Balaban J connectivity index is 2.00. The van der Waals surface area contributed by atoms with Crippen LogP contribution in [0, 0.1) is 0 Å². The smallest absolute Gasteiger partial charge is 0.410 e. The second-order valence-electron chi connectivity index (χ2n) is 6.78. The number of carbonyl (C=O) groups excluding carboxylic acids is 2. The molecule has 1 fully saturated rings. The molecule has 1 aromatic heterocycles. The molecule has 0 saturated carbocycles. The monoisotopic (exact) mass is 370 g/mol. The van der Waals surface area contributed by atoms with E-state index >= 15 is 0 Å². The Kier molecular flexibility index (Phi) is 6.11. The van der Waals surface area contributed by atoms with Gasteiger partial charge in [-0.2, -0.15) is 0 Å². The molecule has 1 amide bonds. The normalized spacial score (nSPS) is 17.3. The second kappa shape index (κ2) is 7.91. The van der Waals surface area contributed by atoms with E-state index < -0.39 is 11.6 Å². The molecule has 8 heteroatoms. The van der Waals surface area contributed by atoms with Gasteiger partial charge in [-0.3, -0.25) is 0 Å². The Hall–Kier alpha value is -2.02. The second-order valence-corrected chi connectivity index (χ2v) is 7.14. The van der Waals surface area contributed by atoms with Crippen LogP contribution in [0.2, 0.25) is 5.15 Å². The number of carbonyl (C=O) groups is 2. The van der Waals surface area contributed by atoms with E-state index in [2.05, 4.69) is 9.72 Å². The van der Waals surface area contributed by atoms with Crippen LogP contribution < -0.4 is 4.74 Å². The van der Waals surface area contributed by atoms with Crippen molar-refractivity contribution in [2.75, 3.05) is 20.3 Å². The number of methoxy groups -OCH3 is 1. The van der Waals surface area contributed by atoms with Gasteiger partial charge in [-0.15, -0.1) is 0 Å². The SMILES string of the molecule is COC(=O)c1cc(OC[C@@H]2CCCN2C(=O)OC(C)(C)C)cnc1Cl. The minimum atomic E-state index is -0.584. The predicted molar refractivity (Wildman–Crippen MR) is 92.0 cm³/mol. The van der Waals surface area contributed by atoms with Crippen LogP contribution in [-0.4, -0.2) is 53.9 Å². The topological polar surface area (TPSA) is 78.0 Å². The number of pyridine rings is 1. The molecule has 0 bridgehead atoms. The quantitative estimate of drug-likeness (QED) is 0.597. The van der Waals surface area contributed by atoms with Crippen LogP contribution in [0.5, 0.6) is 5.75 Å². The fourth-order valence-corrected chi connectivity index (χ4v) is 2.70. The van der Waals surface area contributed by atoms with Gasteiger partial charge in [0.25, 0.3) is 0 Å². The molecule has 1 atom stereocenters. The Morgan fingerprint density at radius 3 is 2.76 bits per heavy atom. The minimum absolute atomic E-state index is 0.0513. The predicted octanol–water partition coefficient (Wildman–Crippen LogP) is 3.30. The minimum Gasteiger partial charge on any atom is -0.490 e. The van der Waals surface area contributed by atoms with Crippen molar-refractivity contribution >= 4 is 23.7 Å². The first-order valence-electron chi connectivity index (χ1n) is 8.07. The lowest BCUT2D eigenvalue weighted by Crippen LogP contribution is -2.42. The largest absolute Gasteiger partial charge is 0.490 e. The van der Waals surface area contributed by atoms with E-state index in [4.69, 9.17) is 21.1 Å². The summed E-state index contributed by atoms with van der Waals surface area (Å²) in [5, 5.41) is 0.0513. The number of hydrogen-bond acceptors (Lipinski definition) is 6. The van der Waals surface area contributed by atoms with Gasteiger partial charge in [0.2, 0.25) is 0 Å². The summed E-state index contributed by atoms with van der Waals surface area (Å²) in [6.45, 7) is 6.42. The van der Waals surface area contributed by atoms with Gasteiger partial charge < -0.3 is 19.1 Å². The Morgan fingerprint density at radius 2 is 2.12 bits per heavy atom. The van der Waals surface area contributed by atoms with E-state index in [-0.39, 0.29) is 29.5 Å². The van der Waals surface area contributed by atoms with Crippen molar-refractivity contribution in [1.29, 1.82) is 0 Å². The number of amides is 1. The van der Waals surface area contributed by atoms with E-state index in [1.807, 2.05) is 20.8 Å². The van der Waals surface area contributed by atoms with E-state index in [1.165, 1.54) is 19.4 Å². The molecule has 0 aromatic carbocycles. The maximum atomic E-state index is 12.3. The van der Waals surface area contributed by atoms with E-state index in [9.17, 15) is 9.59 Å². The number of nitrogens with zero attached hydrogens (tertiary/aromatic N) is 2. The van der Waals surface area contributed by atoms with Crippen molar-refractivity contribution in [2.45, 2.75) is 45.3 Å². The van der Waals surface area contributed by atoms with Gasteiger partial charge in [-0.25, -0.2) is 14.6 Å². The zero-order valence-corrected chi connectivity index (χ0v) is 15.6. The molecule has 0 radical (unpaired) electrons. The highest BCUT2D eigenvalue weighted by Crippen LogP contribution is 2.24. The molecule has 1 saturated heterocycles. The van der Waals surface area contributed by atoms with Gasteiger partial charge in [-0.1, -0.05) is 11.6 Å². The number of ether oxygens (including phenoxy) is 3. The molecule has 0 unspecified atom stereocenters. The van der Waals surface area contributed by atoms with Crippen molar-refractivity contribution in [2.24, 2.45) is 0 Å². The molecule has 2 heterocycles. The van der Waals surface area contributed by atoms with Crippen molar-refractivity contribution < 1.29 is 23.8 Å². The lowest BCUT2D eigenvalue weighted by molar-refractivity contribution is 0.0187. The summed E-state index contributed by atoms with van der Waals surface area (Å²) in [6, 6.07) is 1.39. The molecule has 0 aliphatic carbocycles. The molecule has 7 nitrogen and oxygen atoms in total. The first kappa shape index (κ1) is 19.3. The summed E-state index contributed by atoms with van der Waals surface area (Å²) < 4.78 is 15.8. The van der Waals surface area contributed by atoms with E-state index in [0.717, 1.165) is 12.8 Å². The summed E-state index contributed by atoms with van der Waals surface area (Å²) in [6.07, 6.45) is 2.80. The molecular weight excluding hydrogens is 348 g/mol. The molecular formula is C17H23ClN2O5. The van der Waals surface area contributed by atoms with Gasteiger partial charge in [-0.05, 0) is 39.7 Å². The Bertz CT molecular complexity index is 644. The third-order valence-corrected chi connectivity index (χ3v) is 3.97. The van der Waals surface area contributed by atoms with Crippen LogP contribution in [0.15, 0.2) is 12.3 Å². The summed E-state index contributed by atoms with van der Waals surface area (Å²) in [5.41, 5.74) is -0.405. The summed E-state index contributed by atoms with van der Waals surface area (Å²) >= 11 is 5.89.